The van der Waals surface area contributed by atoms with Gasteiger partial charge < -0.3 is 5.11 Å². The minimum atomic E-state index is -0.393. The molecule has 0 aliphatic heterocycles. The lowest BCUT2D eigenvalue weighted by atomic mass is 10.3. The van der Waals surface area contributed by atoms with E-state index in [1.165, 1.54) is 22.9 Å². The fourth-order valence-electron chi connectivity index (χ4n) is 1.54. The highest BCUT2D eigenvalue weighted by atomic mass is 19.1. The average molecular weight is 206 g/mol. The van der Waals surface area contributed by atoms with Crippen LogP contribution in [0.5, 0.6) is 5.75 Å². The van der Waals surface area contributed by atoms with E-state index in [2.05, 4.69) is 5.10 Å². The molecule has 0 unspecified atom stereocenters. The second kappa shape index (κ2) is 3.38. The van der Waals surface area contributed by atoms with Crippen LogP contribution in [-0.2, 0) is 0 Å². The number of phenolic OH excluding ortho intramolecular Hbond substituents is 1. The Morgan fingerprint density at radius 3 is 2.60 bits per heavy atom. The van der Waals surface area contributed by atoms with Crippen LogP contribution < -0.4 is 0 Å². The van der Waals surface area contributed by atoms with E-state index in [0.717, 1.165) is 11.4 Å². The first kappa shape index (κ1) is 9.71. The van der Waals surface area contributed by atoms with Gasteiger partial charge in [0.15, 0.2) is 0 Å². The van der Waals surface area contributed by atoms with Crippen LogP contribution in [-0.4, -0.2) is 14.9 Å². The largest absolute Gasteiger partial charge is 0.506 e. The third kappa shape index (κ3) is 1.70. The smallest absolute Gasteiger partial charge is 0.141 e. The molecule has 0 amide bonds. The Morgan fingerprint density at radius 2 is 2.00 bits per heavy atom. The molecule has 4 heteroatoms. The summed E-state index contributed by atoms with van der Waals surface area (Å²) in [5.41, 5.74) is 2.05. The van der Waals surface area contributed by atoms with Crippen LogP contribution in [0.25, 0.3) is 5.69 Å². The molecule has 3 nitrogen and oxygen atoms in total. The van der Waals surface area contributed by atoms with Crippen molar-refractivity contribution < 1.29 is 9.50 Å². The summed E-state index contributed by atoms with van der Waals surface area (Å²) in [7, 11) is 0. The molecule has 0 atom stereocenters. The van der Waals surface area contributed by atoms with E-state index in [1.54, 1.807) is 0 Å². The zero-order valence-corrected chi connectivity index (χ0v) is 8.53. The van der Waals surface area contributed by atoms with Gasteiger partial charge in [0.25, 0.3) is 0 Å². The number of nitrogens with zero attached hydrogens (tertiary/aromatic N) is 2. The van der Waals surface area contributed by atoms with Crippen LogP contribution in [0.4, 0.5) is 4.39 Å². The monoisotopic (exact) mass is 206 g/mol. The van der Waals surface area contributed by atoms with E-state index in [0.29, 0.717) is 5.69 Å². The van der Waals surface area contributed by atoms with Crippen LogP contribution in [0.3, 0.4) is 0 Å². The molecule has 0 saturated carbocycles. The van der Waals surface area contributed by atoms with Gasteiger partial charge in [0, 0.05) is 11.8 Å². The van der Waals surface area contributed by atoms with Gasteiger partial charge in [-0.1, -0.05) is 0 Å². The lowest BCUT2D eigenvalue weighted by Gasteiger charge is -2.06. The first-order valence-corrected chi connectivity index (χ1v) is 4.60. The Labute approximate surface area is 86.8 Å². The average Bonchev–Trinajstić information content (AvgIpc) is 2.50. The summed E-state index contributed by atoms with van der Waals surface area (Å²) in [5.74, 6) is -0.377. The maximum atomic E-state index is 13.0. The number of benzene rings is 1. The molecule has 1 N–H and O–H groups in total. The molecule has 0 radical (unpaired) electrons. The van der Waals surface area contributed by atoms with Crippen molar-refractivity contribution in [1.29, 1.82) is 0 Å². The van der Waals surface area contributed by atoms with E-state index < -0.39 is 5.82 Å². The fourth-order valence-corrected chi connectivity index (χ4v) is 1.54. The van der Waals surface area contributed by atoms with Gasteiger partial charge in [-0.05, 0) is 32.0 Å². The second-order valence-electron chi connectivity index (χ2n) is 3.47. The molecule has 2 rings (SSSR count). The van der Waals surface area contributed by atoms with Gasteiger partial charge in [-0.2, -0.15) is 5.10 Å². The first-order valence-electron chi connectivity index (χ1n) is 4.60. The highest BCUT2D eigenvalue weighted by Gasteiger charge is 2.09. The van der Waals surface area contributed by atoms with Gasteiger partial charge in [-0.3, -0.25) is 0 Å². The third-order valence-electron chi connectivity index (χ3n) is 2.18. The fraction of sp³-hybridized carbons (Fsp3) is 0.182. The zero-order valence-electron chi connectivity index (χ0n) is 8.53. The highest BCUT2D eigenvalue weighted by Crippen LogP contribution is 2.23. The van der Waals surface area contributed by atoms with Crippen molar-refractivity contribution in [3.05, 3.63) is 41.5 Å². The van der Waals surface area contributed by atoms with Crippen LogP contribution >= 0.6 is 0 Å². The molecule has 0 bridgehead atoms. The molecule has 1 aromatic carbocycles. The number of aryl methyl sites for hydroxylation is 2. The van der Waals surface area contributed by atoms with Gasteiger partial charge in [0.1, 0.15) is 17.3 Å². The van der Waals surface area contributed by atoms with Crippen LogP contribution in [0, 0.1) is 19.7 Å². The Bertz CT molecular complexity index is 505. The van der Waals surface area contributed by atoms with E-state index in [1.807, 2.05) is 19.9 Å². The topological polar surface area (TPSA) is 38.0 Å². The molecule has 0 spiro atoms. The number of aromatic nitrogens is 2. The molecule has 15 heavy (non-hydrogen) atoms. The molecule has 2 aromatic rings. The quantitative estimate of drug-likeness (QED) is 0.777. The van der Waals surface area contributed by atoms with Gasteiger partial charge in [0.05, 0.1) is 5.69 Å². The second-order valence-corrected chi connectivity index (χ2v) is 3.47. The van der Waals surface area contributed by atoms with E-state index in [4.69, 9.17) is 0 Å². The molecular formula is C11H11FN2O. The Hall–Kier alpha value is -1.84. The molecule has 0 aliphatic carbocycles. The van der Waals surface area contributed by atoms with Crippen molar-refractivity contribution in [2.75, 3.05) is 0 Å². The Morgan fingerprint density at radius 1 is 1.27 bits per heavy atom. The van der Waals surface area contributed by atoms with Gasteiger partial charge in [-0.25, -0.2) is 9.07 Å². The Balaban J connectivity index is 2.62. The van der Waals surface area contributed by atoms with Crippen molar-refractivity contribution in [3.8, 4) is 11.4 Å². The van der Waals surface area contributed by atoms with Crippen LogP contribution in [0.1, 0.15) is 11.4 Å². The maximum absolute atomic E-state index is 13.0. The first-order chi connectivity index (χ1) is 7.08. The normalized spacial score (nSPS) is 10.6. The molecular weight excluding hydrogens is 195 g/mol. The van der Waals surface area contributed by atoms with Gasteiger partial charge in [0.2, 0.25) is 0 Å². The zero-order chi connectivity index (χ0) is 11.0. The summed E-state index contributed by atoms with van der Waals surface area (Å²) >= 11 is 0. The van der Waals surface area contributed by atoms with Crippen molar-refractivity contribution in [2.45, 2.75) is 13.8 Å². The summed E-state index contributed by atoms with van der Waals surface area (Å²) in [6.07, 6.45) is 0. The van der Waals surface area contributed by atoms with Crippen LogP contribution in [0.15, 0.2) is 24.3 Å². The van der Waals surface area contributed by atoms with Crippen molar-refractivity contribution >= 4 is 0 Å². The Kier molecular flexibility index (Phi) is 2.19. The molecule has 0 fully saturated rings. The van der Waals surface area contributed by atoms with Crippen molar-refractivity contribution in [3.63, 3.8) is 0 Å². The number of hydrogen-bond acceptors (Lipinski definition) is 2. The molecule has 78 valence electrons. The minimum Gasteiger partial charge on any atom is -0.506 e. The summed E-state index contributed by atoms with van der Waals surface area (Å²) in [6.45, 7) is 3.70. The van der Waals surface area contributed by atoms with Gasteiger partial charge >= 0.3 is 0 Å². The van der Waals surface area contributed by atoms with Crippen molar-refractivity contribution in [1.82, 2.24) is 9.78 Å². The molecule has 0 aliphatic rings. The predicted molar refractivity (Wildman–Crippen MR) is 54.7 cm³/mol. The highest BCUT2D eigenvalue weighted by molar-refractivity contribution is 5.46. The summed E-state index contributed by atoms with van der Waals surface area (Å²) in [5, 5.41) is 13.8. The van der Waals surface area contributed by atoms with Gasteiger partial charge in [-0.15, -0.1) is 0 Å². The number of halogens is 1. The lowest BCUT2D eigenvalue weighted by Crippen LogP contribution is -1.99. The lowest BCUT2D eigenvalue weighted by molar-refractivity contribution is 0.467. The summed E-state index contributed by atoms with van der Waals surface area (Å²) < 4.78 is 14.5. The maximum Gasteiger partial charge on any atom is 0.141 e. The number of hydrogen-bond donors (Lipinski definition) is 1. The number of rotatable bonds is 1. The molecule has 0 saturated heterocycles. The van der Waals surface area contributed by atoms with Crippen LogP contribution in [0.2, 0.25) is 0 Å². The van der Waals surface area contributed by atoms with E-state index in [-0.39, 0.29) is 5.75 Å². The summed E-state index contributed by atoms with van der Waals surface area (Å²) in [4.78, 5) is 0. The van der Waals surface area contributed by atoms with E-state index >= 15 is 0 Å². The third-order valence-corrected chi connectivity index (χ3v) is 2.18. The minimum absolute atomic E-state index is 0.0163. The van der Waals surface area contributed by atoms with Crippen molar-refractivity contribution in [2.24, 2.45) is 0 Å². The number of phenols is 1. The van der Waals surface area contributed by atoms with E-state index in [9.17, 15) is 9.50 Å². The predicted octanol–water partition coefficient (Wildman–Crippen LogP) is 2.33. The molecule has 1 heterocycles. The SMILES string of the molecule is Cc1cc(C)n(-c2cc(F)ccc2O)n1. The number of aromatic hydroxyl groups is 1. The standard InChI is InChI=1S/C11H11FN2O/c1-7-5-8(2)14(13-7)10-6-9(12)3-4-11(10)15/h3-6,15H,1-2H3. The summed E-state index contributed by atoms with van der Waals surface area (Å²) in [6, 6.07) is 5.66. The molecule has 1 aromatic heterocycles.